The molecule has 0 aromatic heterocycles. The Morgan fingerprint density at radius 2 is 2.15 bits per heavy atom. The maximum Gasteiger partial charge on any atom is 0.227 e. The maximum absolute atomic E-state index is 12.4. The van der Waals surface area contributed by atoms with Crippen LogP contribution in [0.15, 0.2) is 64.4 Å². The monoisotopic (exact) mass is 559 g/mol. The summed E-state index contributed by atoms with van der Waals surface area (Å²) in [5.41, 5.74) is 14.5. The third kappa shape index (κ3) is 7.32. The van der Waals surface area contributed by atoms with Crippen LogP contribution in [-0.2, 0) is 24.1 Å². The van der Waals surface area contributed by atoms with Crippen molar-refractivity contribution in [2.75, 3.05) is 19.8 Å². The number of phenolic OH excluding ortho intramolecular Hbond substituents is 1. The largest absolute Gasteiger partial charge is 0.504 e. The number of benzene rings is 2. The zero-order valence-corrected chi connectivity index (χ0v) is 24.0. The quantitative estimate of drug-likeness (QED) is 0.227. The van der Waals surface area contributed by atoms with Gasteiger partial charge in [-0.1, -0.05) is 50.5 Å². The number of nitrogens with zero attached hydrogens (tertiary/aromatic N) is 1. The van der Waals surface area contributed by atoms with Gasteiger partial charge in [-0.15, -0.1) is 0 Å². The number of nitrogens with two attached hydrogens (primary N) is 1. The van der Waals surface area contributed by atoms with Gasteiger partial charge in [-0.3, -0.25) is 20.0 Å². The third-order valence-corrected chi connectivity index (χ3v) is 8.30. The summed E-state index contributed by atoms with van der Waals surface area (Å²) in [6.07, 6.45) is 10.1. The summed E-state index contributed by atoms with van der Waals surface area (Å²) in [6, 6.07) is 11.6. The number of aryl methyl sites for hydroxylation is 1. The summed E-state index contributed by atoms with van der Waals surface area (Å²) >= 11 is 0. The Bertz CT molecular complexity index is 1350. The SMILES string of the molecule is CCCCCC(O)CC(=O)CCc1ccc(O)c(OC[NH+]2C=C3N=CC(Cc4cccc5c4CCNC5N)=C3C2)c1. The number of unbranched alkanes of at least 4 members (excludes halogenated alkanes) is 2. The highest BCUT2D eigenvalue weighted by Crippen LogP contribution is 2.30. The lowest BCUT2D eigenvalue weighted by atomic mass is 9.90. The number of ketones is 1. The van der Waals surface area contributed by atoms with E-state index in [1.165, 1.54) is 27.8 Å². The number of carbonyl (C=O) groups excluding carboxylic acids is 1. The molecule has 3 heterocycles. The van der Waals surface area contributed by atoms with Gasteiger partial charge in [0.05, 0.1) is 12.3 Å². The summed E-state index contributed by atoms with van der Waals surface area (Å²) in [5.74, 6) is 0.554. The molecule has 218 valence electrons. The minimum Gasteiger partial charge on any atom is -0.504 e. The van der Waals surface area contributed by atoms with Gasteiger partial charge in [0, 0.05) is 31.2 Å². The van der Waals surface area contributed by atoms with E-state index in [0.29, 0.717) is 31.7 Å². The lowest BCUT2D eigenvalue weighted by Crippen LogP contribution is -3.07. The van der Waals surface area contributed by atoms with Gasteiger partial charge in [0.15, 0.2) is 11.5 Å². The van der Waals surface area contributed by atoms with E-state index in [1.54, 1.807) is 6.07 Å². The molecule has 8 nitrogen and oxygen atoms in total. The van der Waals surface area contributed by atoms with Gasteiger partial charge >= 0.3 is 0 Å². The average Bonchev–Trinajstić information content (AvgIpc) is 3.54. The van der Waals surface area contributed by atoms with Crippen LogP contribution in [-0.4, -0.2) is 48.1 Å². The second-order valence-corrected chi connectivity index (χ2v) is 11.5. The Hall–Kier alpha value is -3.30. The van der Waals surface area contributed by atoms with Crippen molar-refractivity contribution in [3.8, 4) is 11.5 Å². The van der Waals surface area contributed by atoms with Gasteiger partial charge in [-0.25, -0.2) is 0 Å². The van der Waals surface area contributed by atoms with Gasteiger partial charge < -0.3 is 20.7 Å². The summed E-state index contributed by atoms with van der Waals surface area (Å²) < 4.78 is 6.04. The number of aromatic hydroxyl groups is 1. The molecule has 0 saturated carbocycles. The fourth-order valence-corrected chi connectivity index (χ4v) is 5.98. The number of ether oxygens (including phenoxy) is 1. The predicted molar refractivity (Wildman–Crippen MR) is 160 cm³/mol. The fourth-order valence-electron chi connectivity index (χ4n) is 5.98. The van der Waals surface area contributed by atoms with Gasteiger partial charge in [0.1, 0.15) is 24.2 Å². The van der Waals surface area contributed by atoms with Crippen LogP contribution in [0.1, 0.15) is 73.9 Å². The molecule has 5 rings (SSSR count). The van der Waals surface area contributed by atoms with Crippen LogP contribution < -0.4 is 20.7 Å². The number of hydrogen-bond donors (Lipinski definition) is 5. The second-order valence-electron chi connectivity index (χ2n) is 11.5. The lowest BCUT2D eigenvalue weighted by Gasteiger charge is -2.26. The van der Waals surface area contributed by atoms with E-state index in [-0.39, 0.29) is 24.1 Å². The normalized spacial score (nSPS) is 20.1. The molecule has 0 spiro atoms. The molecule has 3 atom stereocenters. The number of carbonyl (C=O) groups is 1. The molecule has 0 amide bonds. The Morgan fingerprint density at radius 1 is 1.27 bits per heavy atom. The number of rotatable bonds is 14. The number of quaternary nitrogens is 1. The van der Waals surface area contributed by atoms with E-state index >= 15 is 0 Å². The molecule has 2 aromatic carbocycles. The van der Waals surface area contributed by atoms with Gasteiger partial charge in [-0.2, -0.15) is 0 Å². The molecule has 0 radical (unpaired) electrons. The van der Waals surface area contributed by atoms with Crippen molar-refractivity contribution in [2.24, 2.45) is 10.7 Å². The van der Waals surface area contributed by atoms with Gasteiger partial charge in [-0.05, 0) is 65.6 Å². The van der Waals surface area contributed by atoms with Crippen LogP contribution in [0.4, 0.5) is 0 Å². The molecule has 3 aliphatic heterocycles. The average molecular weight is 560 g/mol. The van der Waals surface area contributed by atoms with Crippen molar-refractivity contribution in [1.82, 2.24) is 5.32 Å². The van der Waals surface area contributed by atoms with Crippen molar-refractivity contribution in [3.05, 3.63) is 81.7 Å². The Labute approximate surface area is 242 Å². The van der Waals surface area contributed by atoms with E-state index < -0.39 is 6.10 Å². The second kappa shape index (κ2) is 13.6. The number of Topliss-reactive ketones (excluding diaryl/α,β-unsaturated/α-hetero) is 1. The van der Waals surface area contributed by atoms with Crippen LogP contribution in [0, 0.1) is 0 Å². The minimum atomic E-state index is -0.557. The van der Waals surface area contributed by atoms with Crippen molar-refractivity contribution >= 4 is 12.0 Å². The number of phenols is 1. The molecular weight excluding hydrogens is 516 g/mol. The van der Waals surface area contributed by atoms with Crippen LogP contribution in [0.5, 0.6) is 11.5 Å². The molecule has 6 N–H and O–H groups in total. The molecule has 0 aliphatic carbocycles. The summed E-state index contributed by atoms with van der Waals surface area (Å²) in [5, 5.41) is 23.8. The highest BCUT2D eigenvalue weighted by Gasteiger charge is 2.30. The predicted octanol–water partition coefficient (Wildman–Crippen LogP) is 3.03. The van der Waals surface area contributed by atoms with Crippen LogP contribution in [0.3, 0.4) is 0 Å². The number of hydrogen-bond acceptors (Lipinski definition) is 7. The lowest BCUT2D eigenvalue weighted by molar-refractivity contribution is -0.855. The zero-order chi connectivity index (χ0) is 28.8. The van der Waals surface area contributed by atoms with Crippen LogP contribution in [0.25, 0.3) is 0 Å². The molecule has 0 saturated heterocycles. The van der Waals surface area contributed by atoms with Crippen molar-refractivity contribution in [3.63, 3.8) is 0 Å². The van der Waals surface area contributed by atoms with Gasteiger partial charge in [0.25, 0.3) is 0 Å². The van der Waals surface area contributed by atoms with Crippen LogP contribution in [0.2, 0.25) is 0 Å². The summed E-state index contributed by atoms with van der Waals surface area (Å²) in [4.78, 5) is 18.1. The molecule has 3 unspecified atom stereocenters. The Morgan fingerprint density at radius 3 is 3.00 bits per heavy atom. The topological polar surface area (TPSA) is 122 Å². The fraction of sp³-hybridized carbons (Fsp3) is 0.455. The molecule has 0 fully saturated rings. The smallest absolute Gasteiger partial charge is 0.227 e. The molecule has 8 heteroatoms. The minimum absolute atomic E-state index is 0.0596. The number of nitrogens with one attached hydrogen (secondary N) is 2. The van der Waals surface area contributed by atoms with E-state index in [4.69, 9.17) is 10.5 Å². The number of aliphatic imine (C=N–C) groups is 1. The summed E-state index contributed by atoms with van der Waals surface area (Å²) in [7, 11) is 0. The van der Waals surface area contributed by atoms with Crippen molar-refractivity contribution in [1.29, 1.82) is 0 Å². The molecule has 2 aromatic rings. The first kappa shape index (κ1) is 29.2. The number of aliphatic hydroxyl groups excluding tert-OH is 1. The number of aliphatic hydroxyl groups is 1. The first-order chi connectivity index (χ1) is 19.9. The van der Waals surface area contributed by atoms with Crippen molar-refractivity contribution in [2.45, 2.75) is 77.0 Å². The highest BCUT2D eigenvalue weighted by atomic mass is 16.5. The maximum atomic E-state index is 12.4. The molecular formula is C33H43N4O4+. The standard InChI is InChI=1S/C33H42N4O4/c1-2-3-4-7-25(38)17-26(39)11-9-22-10-12-31(40)32(15-22)41-21-37-19-29-24(18-36-30(29)20-37)16-23-6-5-8-28-27(23)13-14-35-33(28)34/h5-6,8,10,12,15,18,20,25,33,35,38,40H,2-4,7,9,11,13-14,16-17,19,21,34H2,1H3/p+1. The highest BCUT2D eigenvalue weighted by molar-refractivity contribution is 5.87. The number of fused-ring (bicyclic) bond motifs is 2. The third-order valence-electron chi connectivity index (χ3n) is 8.30. The van der Waals surface area contributed by atoms with E-state index in [9.17, 15) is 15.0 Å². The molecule has 0 bridgehead atoms. The Balaban J connectivity index is 1.14. The van der Waals surface area contributed by atoms with E-state index in [2.05, 4.69) is 41.6 Å². The zero-order valence-electron chi connectivity index (χ0n) is 24.0. The van der Waals surface area contributed by atoms with Crippen LogP contribution >= 0.6 is 0 Å². The van der Waals surface area contributed by atoms with Gasteiger partial charge in [0.2, 0.25) is 6.73 Å². The molecule has 41 heavy (non-hydrogen) atoms. The van der Waals surface area contributed by atoms with E-state index in [0.717, 1.165) is 61.4 Å². The number of allylic oxidation sites excluding steroid dienone is 1. The first-order valence-corrected chi connectivity index (χ1v) is 15.0. The summed E-state index contributed by atoms with van der Waals surface area (Å²) in [6.45, 7) is 4.14. The Kier molecular flexibility index (Phi) is 9.67. The van der Waals surface area contributed by atoms with E-state index in [1.807, 2.05) is 18.3 Å². The first-order valence-electron chi connectivity index (χ1n) is 15.0. The van der Waals surface area contributed by atoms with Crippen molar-refractivity contribution < 1.29 is 24.6 Å². The molecule has 3 aliphatic rings.